The van der Waals surface area contributed by atoms with E-state index in [-0.39, 0.29) is 0 Å². The van der Waals surface area contributed by atoms with Gasteiger partial charge in [-0.2, -0.15) is 0 Å². The van der Waals surface area contributed by atoms with Gasteiger partial charge in [-0.1, -0.05) is 25.1 Å². The maximum absolute atomic E-state index is 3.78. The van der Waals surface area contributed by atoms with Gasteiger partial charge >= 0.3 is 0 Å². The minimum absolute atomic E-state index is 0.630. The van der Waals surface area contributed by atoms with E-state index in [0.717, 1.165) is 5.92 Å². The summed E-state index contributed by atoms with van der Waals surface area (Å²) in [5, 5.41) is 0. The van der Waals surface area contributed by atoms with E-state index in [1.165, 1.54) is 19.3 Å². The Balaban J connectivity index is 0.000000112. The summed E-state index contributed by atoms with van der Waals surface area (Å²) < 4.78 is 0. The average molecular weight is 187 g/mol. The van der Waals surface area contributed by atoms with E-state index in [0.29, 0.717) is 5.41 Å². The highest BCUT2D eigenvalue weighted by Crippen LogP contribution is 2.48. The predicted molar refractivity (Wildman–Crippen MR) is 58.8 cm³/mol. The fraction of sp³-hybridized carbons (Fsp3) is 0.462. The Morgan fingerprint density at radius 2 is 2.00 bits per heavy atom. The second-order valence-corrected chi connectivity index (χ2v) is 4.54. The summed E-state index contributed by atoms with van der Waals surface area (Å²) >= 11 is 0. The summed E-state index contributed by atoms with van der Waals surface area (Å²) in [4.78, 5) is 3.78. The van der Waals surface area contributed by atoms with E-state index in [1.54, 1.807) is 12.4 Å². The van der Waals surface area contributed by atoms with E-state index in [1.807, 2.05) is 18.2 Å². The zero-order chi connectivity index (χ0) is 9.86. The van der Waals surface area contributed by atoms with Crippen LogP contribution in [0.15, 0.2) is 42.7 Å². The Kier molecular flexibility index (Phi) is 2.67. The van der Waals surface area contributed by atoms with Crippen molar-refractivity contribution in [3.05, 3.63) is 42.7 Å². The topological polar surface area (TPSA) is 12.9 Å². The SMILES string of the molecule is CC12C=CC(CC1)C2.c1ccncc1. The van der Waals surface area contributed by atoms with Crippen molar-refractivity contribution in [2.75, 3.05) is 0 Å². The molecule has 1 aromatic rings. The molecule has 0 aromatic carbocycles. The smallest absolute Gasteiger partial charge is 0.0267 e. The first kappa shape index (κ1) is 9.45. The van der Waals surface area contributed by atoms with Crippen molar-refractivity contribution in [2.24, 2.45) is 11.3 Å². The maximum Gasteiger partial charge on any atom is 0.0267 e. The standard InChI is InChI=1S/C8H12.C5H5N/c1-8-4-2-7(6-8)3-5-8;1-2-4-6-5-3-1/h2,4,7H,3,5-6H2,1H3;1-5H. The van der Waals surface area contributed by atoms with Gasteiger partial charge in [0.15, 0.2) is 0 Å². The van der Waals surface area contributed by atoms with Crippen LogP contribution in [0.3, 0.4) is 0 Å². The van der Waals surface area contributed by atoms with Gasteiger partial charge in [-0.25, -0.2) is 0 Å². The lowest BCUT2D eigenvalue weighted by Crippen LogP contribution is -2.02. The van der Waals surface area contributed by atoms with Crippen LogP contribution in [0, 0.1) is 11.3 Å². The third-order valence-corrected chi connectivity index (χ3v) is 3.15. The van der Waals surface area contributed by atoms with Crippen LogP contribution in [0.1, 0.15) is 26.2 Å². The van der Waals surface area contributed by atoms with Crippen molar-refractivity contribution in [3.8, 4) is 0 Å². The molecule has 74 valence electrons. The molecule has 0 spiro atoms. The number of hydrogen-bond acceptors (Lipinski definition) is 1. The summed E-state index contributed by atoms with van der Waals surface area (Å²) in [6.45, 7) is 2.37. The highest BCUT2D eigenvalue weighted by atomic mass is 14.6. The van der Waals surface area contributed by atoms with Crippen LogP contribution in [0.2, 0.25) is 0 Å². The molecule has 2 atom stereocenters. The lowest BCUT2D eigenvalue weighted by molar-refractivity contribution is 0.455. The fourth-order valence-electron chi connectivity index (χ4n) is 2.31. The van der Waals surface area contributed by atoms with Gasteiger partial charge < -0.3 is 0 Å². The molecular formula is C13H17N. The first-order chi connectivity index (χ1) is 6.79. The van der Waals surface area contributed by atoms with Crippen molar-refractivity contribution in [2.45, 2.75) is 26.2 Å². The second kappa shape index (κ2) is 3.95. The number of hydrogen-bond donors (Lipinski definition) is 0. The van der Waals surface area contributed by atoms with Crippen LogP contribution in [0.4, 0.5) is 0 Å². The third-order valence-electron chi connectivity index (χ3n) is 3.15. The molecule has 1 saturated carbocycles. The van der Waals surface area contributed by atoms with E-state index in [9.17, 15) is 0 Å². The normalized spacial score (nSPS) is 32.5. The predicted octanol–water partition coefficient (Wildman–Crippen LogP) is 3.44. The molecule has 0 N–H and O–H groups in total. The number of allylic oxidation sites excluding steroid dienone is 2. The molecule has 1 fully saturated rings. The Bertz CT molecular complexity index is 278. The van der Waals surface area contributed by atoms with E-state index < -0.39 is 0 Å². The third kappa shape index (κ3) is 2.22. The molecule has 2 bridgehead atoms. The van der Waals surface area contributed by atoms with Gasteiger partial charge in [-0.3, -0.25) is 4.98 Å². The van der Waals surface area contributed by atoms with Gasteiger partial charge in [-0.15, -0.1) is 0 Å². The molecule has 2 aliphatic rings. The molecule has 0 radical (unpaired) electrons. The summed E-state index contributed by atoms with van der Waals surface area (Å²) in [7, 11) is 0. The minimum atomic E-state index is 0.630. The number of nitrogens with zero attached hydrogens (tertiary/aromatic N) is 1. The number of rotatable bonds is 0. The average Bonchev–Trinajstić information content (AvgIpc) is 2.79. The zero-order valence-electron chi connectivity index (χ0n) is 8.69. The molecule has 1 heterocycles. The van der Waals surface area contributed by atoms with Crippen LogP contribution in [0.5, 0.6) is 0 Å². The van der Waals surface area contributed by atoms with Crippen LogP contribution < -0.4 is 0 Å². The number of pyridine rings is 1. The van der Waals surface area contributed by atoms with E-state index in [2.05, 4.69) is 24.1 Å². The van der Waals surface area contributed by atoms with Crippen LogP contribution in [-0.4, -0.2) is 4.98 Å². The molecule has 1 nitrogen and oxygen atoms in total. The quantitative estimate of drug-likeness (QED) is 0.567. The summed E-state index contributed by atoms with van der Waals surface area (Å²) in [6, 6.07) is 5.72. The molecule has 0 saturated heterocycles. The molecule has 2 aliphatic carbocycles. The highest BCUT2D eigenvalue weighted by molar-refractivity contribution is 5.13. The Labute approximate surface area is 85.9 Å². The molecular weight excluding hydrogens is 170 g/mol. The van der Waals surface area contributed by atoms with Crippen molar-refractivity contribution in [1.29, 1.82) is 0 Å². The van der Waals surface area contributed by atoms with Crippen molar-refractivity contribution in [3.63, 3.8) is 0 Å². The first-order valence-electron chi connectivity index (χ1n) is 5.33. The van der Waals surface area contributed by atoms with Crippen molar-refractivity contribution >= 4 is 0 Å². The summed E-state index contributed by atoms with van der Waals surface area (Å²) in [6.07, 6.45) is 12.6. The largest absolute Gasteiger partial charge is 0.265 e. The maximum atomic E-state index is 3.78. The van der Waals surface area contributed by atoms with E-state index in [4.69, 9.17) is 0 Å². The monoisotopic (exact) mass is 187 g/mol. The van der Waals surface area contributed by atoms with Crippen molar-refractivity contribution < 1.29 is 0 Å². The van der Waals surface area contributed by atoms with Gasteiger partial charge in [0, 0.05) is 12.4 Å². The Morgan fingerprint density at radius 3 is 2.14 bits per heavy atom. The molecule has 2 unspecified atom stereocenters. The highest BCUT2D eigenvalue weighted by Gasteiger charge is 2.36. The molecule has 1 aromatic heterocycles. The van der Waals surface area contributed by atoms with Gasteiger partial charge in [-0.05, 0) is 42.7 Å². The van der Waals surface area contributed by atoms with E-state index >= 15 is 0 Å². The summed E-state index contributed by atoms with van der Waals surface area (Å²) in [5.74, 6) is 0.958. The molecule has 14 heavy (non-hydrogen) atoms. The van der Waals surface area contributed by atoms with Gasteiger partial charge in [0.05, 0.1) is 0 Å². The minimum Gasteiger partial charge on any atom is -0.265 e. The van der Waals surface area contributed by atoms with Gasteiger partial charge in [0.1, 0.15) is 0 Å². The number of fused-ring (bicyclic) bond motifs is 2. The first-order valence-corrected chi connectivity index (χ1v) is 5.33. The second-order valence-electron chi connectivity index (χ2n) is 4.54. The molecule has 0 aliphatic heterocycles. The summed E-state index contributed by atoms with van der Waals surface area (Å²) in [5.41, 5.74) is 0.630. The van der Waals surface area contributed by atoms with Gasteiger partial charge in [0.2, 0.25) is 0 Å². The van der Waals surface area contributed by atoms with Crippen LogP contribution in [0.25, 0.3) is 0 Å². The zero-order valence-corrected chi connectivity index (χ0v) is 8.69. The molecule has 0 amide bonds. The molecule has 3 rings (SSSR count). The Hall–Kier alpha value is -1.11. The van der Waals surface area contributed by atoms with Crippen LogP contribution in [-0.2, 0) is 0 Å². The van der Waals surface area contributed by atoms with Gasteiger partial charge in [0.25, 0.3) is 0 Å². The lowest BCUT2D eigenvalue weighted by Gasteiger charge is -2.14. The van der Waals surface area contributed by atoms with Crippen LogP contribution >= 0.6 is 0 Å². The lowest BCUT2D eigenvalue weighted by atomic mass is 9.91. The molecule has 1 heteroatoms. The Morgan fingerprint density at radius 1 is 1.21 bits per heavy atom. The fourth-order valence-corrected chi connectivity index (χ4v) is 2.31. The number of aromatic nitrogens is 1. The van der Waals surface area contributed by atoms with Crippen molar-refractivity contribution in [1.82, 2.24) is 4.98 Å².